The number of hydrogen-bond acceptors (Lipinski definition) is 6. The maximum Gasteiger partial charge on any atom is 0.573 e. The Labute approximate surface area is 176 Å². The standard InChI is InChI=1S/C19H13F3N2O4S2/c20-19(21,22)28-13-3-1-12(2-4-13)24-18(27)17(26)23-9-14-5-6-15(30-14)16(25)11-7-8-29-10-11/h1-8,10H,9H2,(H,23,26)(H,24,27). The first-order valence-corrected chi connectivity index (χ1v) is 10.1. The maximum absolute atomic E-state index is 12.3. The highest BCUT2D eigenvalue weighted by atomic mass is 32.1. The molecule has 0 saturated carbocycles. The fraction of sp³-hybridized carbons (Fsp3) is 0.105. The molecule has 2 aromatic heterocycles. The normalized spacial score (nSPS) is 11.0. The number of nitrogens with one attached hydrogen (secondary N) is 2. The molecule has 1 aromatic carbocycles. The van der Waals surface area contributed by atoms with E-state index in [0.717, 1.165) is 12.1 Å². The molecule has 0 bridgehead atoms. The summed E-state index contributed by atoms with van der Waals surface area (Å²) in [6.07, 6.45) is -4.82. The topological polar surface area (TPSA) is 84.5 Å². The minimum Gasteiger partial charge on any atom is -0.406 e. The van der Waals surface area contributed by atoms with Crippen LogP contribution in [0.5, 0.6) is 5.75 Å². The average molecular weight is 454 g/mol. The van der Waals surface area contributed by atoms with Gasteiger partial charge in [0, 0.05) is 21.5 Å². The first-order valence-electron chi connectivity index (χ1n) is 8.32. The monoisotopic (exact) mass is 454 g/mol. The molecule has 0 fully saturated rings. The smallest absolute Gasteiger partial charge is 0.406 e. The van der Waals surface area contributed by atoms with Crippen molar-refractivity contribution in [2.24, 2.45) is 0 Å². The van der Waals surface area contributed by atoms with Gasteiger partial charge < -0.3 is 15.4 Å². The summed E-state index contributed by atoms with van der Waals surface area (Å²) in [6.45, 7) is 0.0478. The SMILES string of the molecule is O=C(NCc1ccc(C(=O)c2ccsc2)s1)C(=O)Nc1ccc(OC(F)(F)F)cc1. The Morgan fingerprint density at radius 3 is 2.33 bits per heavy atom. The molecule has 30 heavy (non-hydrogen) atoms. The van der Waals surface area contributed by atoms with E-state index in [2.05, 4.69) is 15.4 Å². The Hall–Kier alpha value is -3.18. The molecule has 6 nitrogen and oxygen atoms in total. The zero-order valence-corrected chi connectivity index (χ0v) is 16.6. The number of thiophene rings is 2. The molecule has 0 saturated heterocycles. The maximum atomic E-state index is 12.3. The molecule has 0 radical (unpaired) electrons. The second kappa shape index (κ2) is 9.09. The predicted molar refractivity (Wildman–Crippen MR) is 106 cm³/mol. The van der Waals surface area contributed by atoms with Gasteiger partial charge in [-0.2, -0.15) is 11.3 Å². The molecule has 3 aromatic rings. The summed E-state index contributed by atoms with van der Waals surface area (Å²) in [4.78, 5) is 37.3. The molecular weight excluding hydrogens is 441 g/mol. The lowest BCUT2D eigenvalue weighted by Gasteiger charge is -2.10. The number of amides is 2. The lowest BCUT2D eigenvalue weighted by molar-refractivity contribution is -0.274. The Balaban J connectivity index is 1.50. The quantitative estimate of drug-likeness (QED) is 0.432. The molecular formula is C19H13F3N2O4S2. The van der Waals surface area contributed by atoms with Gasteiger partial charge in [0.25, 0.3) is 0 Å². The third-order valence-corrected chi connectivity index (χ3v) is 5.41. The van der Waals surface area contributed by atoms with E-state index in [1.54, 1.807) is 29.0 Å². The van der Waals surface area contributed by atoms with Gasteiger partial charge in [-0.05, 0) is 47.8 Å². The summed E-state index contributed by atoms with van der Waals surface area (Å²) in [5.74, 6) is -2.47. The molecule has 2 amide bonds. The number of carbonyl (C=O) groups is 3. The van der Waals surface area contributed by atoms with Gasteiger partial charge in [0.1, 0.15) is 5.75 Å². The number of carbonyl (C=O) groups excluding carboxylic acids is 3. The summed E-state index contributed by atoms with van der Waals surface area (Å²) in [5.41, 5.74) is 0.716. The number of alkyl halides is 3. The van der Waals surface area contributed by atoms with E-state index >= 15 is 0 Å². The van der Waals surface area contributed by atoms with Crippen molar-refractivity contribution in [3.8, 4) is 5.75 Å². The van der Waals surface area contributed by atoms with Gasteiger partial charge in [0.15, 0.2) is 0 Å². The molecule has 0 aliphatic heterocycles. The number of ketones is 1. The van der Waals surface area contributed by atoms with E-state index < -0.39 is 23.9 Å². The van der Waals surface area contributed by atoms with Crippen molar-refractivity contribution in [1.82, 2.24) is 5.32 Å². The van der Waals surface area contributed by atoms with Crippen LogP contribution < -0.4 is 15.4 Å². The Morgan fingerprint density at radius 1 is 0.967 bits per heavy atom. The molecule has 2 heterocycles. The van der Waals surface area contributed by atoms with Crippen molar-refractivity contribution >= 4 is 46.0 Å². The number of anilines is 1. The van der Waals surface area contributed by atoms with Crippen LogP contribution in [-0.4, -0.2) is 24.0 Å². The number of halogens is 3. The summed E-state index contributed by atoms with van der Waals surface area (Å²) in [5, 5.41) is 8.25. The average Bonchev–Trinajstić information content (AvgIpc) is 3.38. The largest absolute Gasteiger partial charge is 0.573 e. The van der Waals surface area contributed by atoms with Gasteiger partial charge in [-0.15, -0.1) is 24.5 Å². The van der Waals surface area contributed by atoms with Crippen molar-refractivity contribution in [3.63, 3.8) is 0 Å². The zero-order valence-electron chi connectivity index (χ0n) is 15.0. The number of rotatable bonds is 6. The summed E-state index contributed by atoms with van der Waals surface area (Å²) in [6, 6.07) is 9.43. The lowest BCUT2D eigenvalue weighted by Crippen LogP contribution is -2.34. The molecule has 2 N–H and O–H groups in total. The van der Waals surface area contributed by atoms with Crippen LogP contribution in [0.2, 0.25) is 0 Å². The van der Waals surface area contributed by atoms with Gasteiger partial charge in [0.2, 0.25) is 5.78 Å². The highest BCUT2D eigenvalue weighted by molar-refractivity contribution is 7.14. The van der Waals surface area contributed by atoms with Crippen molar-refractivity contribution in [3.05, 3.63) is 68.5 Å². The van der Waals surface area contributed by atoms with Crippen molar-refractivity contribution < 1.29 is 32.3 Å². The predicted octanol–water partition coefficient (Wildman–Crippen LogP) is 4.19. The van der Waals surface area contributed by atoms with Crippen LogP contribution in [0.3, 0.4) is 0 Å². The molecule has 0 aliphatic carbocycles. The van der Waals surface area contributed by atoms with E-state index in [1.807, 2.05) is 0 Å². The van der Waals surface area contributed by atoms with Crippen LogP contribution in [-0.2, 0) is 16.1 Å². The fourth-order valence-electron chi connectivity index (χ4n) is 2.31. The van der Waals surface area contributed by atoms with Gasteiger partial charge in [-0.25, -0.2) is 0 Å². The van der Waals surface area contributed by atoms with Gasteiger partial charge in [-0.3, -0.25) is 14.4 Å². The lowest BCUT2D eigenvalue weighted by atomic mass is 10.2. The Bertz CT molecular complexity index is 1040. The third kappa shape index (κ3) is 5.91. The first-order chi connectivity index (χ1) is 14.2. The van der Waals surface area contributed by atoms with Crippen LogP contribution in [0.25, 0.3) is 0 Å². The fourth-order valence-corrected chi connectivity index (χ4v) is 3.85. The Kier molecular flexibility index (Phi) is 6.53. The number of benzene rings is 1. The van der Waals surface area contributed by atoms with Crippen molar-refractivity contribution in [2.75, 3.05) is 5.32 Å². The highest BCUT2D eigenvalue weighted by Gasteiger charge is 2.31. The highest BCUT2D eigenvalue weighted by Crippen LogP contribution is 2.24. The van der Waals surface area contributed by atoms with Crippen LogP contribution in [0.1, 0.15) is 20.1 Å². The van der Waals surface area contributed by atoms with E-state index in [0.29, 0.717) is 15.3 Å². The molecule has 0 spiro atoms. The Morgan fingerprint density at radius 2 is 1.70 bits per heavy atom. The number of hydrogen-bond donors (Lipinski definition) is 2. The minimum absolute atomic E-state index is 0.0478. The zero-order chi connectivity index (χ0) is 21.7. The van der Waals surface area contributed by atoms with Crippen LogP contribution in [0.15, 0.2) is 53.2 Å². The summed E-state index contributed by atoms with van der Waals surface area (Å²) < 4.78 is 40.1. The van der Waals surface area contributed by atoms with Gasteiger partial charge in [-0.1, -0.05) is 0 Å². The summed E-state index contributed by atoms with van der Waals surface area (Å²) >= 11 is 2.62. The molecule has 0 atom stereocenters. The van der Waals surface area contributed by atoms with Crippen LogP contribution >= 0.6 is 22.7 Å². The number of ether oxygens (including phenoxy) is 1. The van der Waals surface area contributed by atoms with E-state index in [-0.39, 0.29) is 18.0 Å². The molecule has 0 unspecified atom stereocenters. The third-order valence-electron chi connectivity index (χ3n) is 3.64. The summed E-state index contributed by atoms with van der Waals surface area (Å²) in [7, 11) is 0. The van der Waals surface area contributed by atoms with Gasteiger partial charge >= 0.3 is 18.2 Å². The molecule has 156 valence electrons. The first kappa shape index (κ1) is 21.5. The van der Waals surface area contributed by atoms with E-state index in [1.165, 1.54) is 34.8 Å². The second-order valence-electron chi connectivity index (χ2n) is 5.82. The van der Waals surface area contributed by atoms with Crippen molar-refractivity contribution in [1.29, 1.82) is 0 Å². The molecule has 3 rings (SSSR count). The van der Waals surface area contributed by atoms with Crippen LogP contribution in [0.4, 0.5) is 18.9 Å². The van der Waals surface area contributed by atoms with E-state index in [9.17, 15) is 27.6 Å². The van der Waals surface area contributed by atoms with Gasteiger partial charge in [0.05, 0.1) is 11.4 Å². The second-order valence-corrected chi connectivity index (χ2v) is 7.76. The molecule has 0 aliphatic rings. The minimum atomic E-state index is -4.82. The van der Waals surface area contributed by atoms with E-state index in [4.69, 9.17) is 0 Å². The van der Waals surface area contributed by atoms with Crippen molar-refractivity contribution in [2.45, 2.75) is 12.9 Å². The molecule has 11 heteroatoms. The van der Waals surface area contributed by atoms with Crippen LogP contribution in [0, 0.1) is 0 Å².